The van der Waals surface area contributed by atoms with Crippen LogP contribution in [0.15, 0.2) is 23.0 Å². The van der Waals surface area contributed by atoms with E-state index in [0.29, 0.717) is 0 Å². The molecule has 0 saturated heterocycles. The van der Waals surface area contributed by atoms with Crippen LogP contribution in [0.1, 0.15) is 11.4 Å². The molecular formula is C10H6F2N4O. The summed E-state index contributed by atoms with van der Waals surface area (Å²) >= 11 is 0. The first-order valence-corrected chi connectivity index (χ1v) is 4.59. The van der Waals surface area contributed by atoms with Gasteiger partial charge in [0.1, 0.15) is 5.69 Å². The summed E-state index contributed by atoms with van der Waals surface area (Å²) < 4.78 is 31.3. The molecule has 1 heterocycles. The molecule has 1 N–H and O–H groups in total. The Morgan fingerprint density at radius 1 is 1.35 bits per heavy atom. The molecule has 2 rings (SSSR count). The van der Waals surface area contributed by atoms with Crippen molar-refractivity contribution >= 4 is 5.69 Å². The largest absolute Gasteiger partial charge is 0.373 e. The number of rotatable bonds is 3. The Kier molecular flexibility index (Phi) is 2.96. The number of nitrogens with zero attached hydrogens (tertiary/aromatic N) is 3. The maximum absolute atomic E-state index is 13.4. The molecule has 0 bridgehead atoms. The van der Waals surface area contributed by atoms with Gasteiger partial charge in [0.05, 0.1) is 18.2 Å². The number of aromatic nitrogens is 2. The number of anilines is 1. The molecule has 0 atom stereocenters. The van der Waals surface area contributed by atoms with Crippen molar-refractivity contribution in [3.63, 3.8) is 0 Å². The number of benzene rings is 1. The van der Waals surface area contributed by atoms with Crippen molar-refractivity contribution in [3.8, 4) is 6.07 Å². The molecule has 7 heteroatoms. The third kappa shape index (κ3) is 2.36. The molecule has 0 radical (unpaired) electrons. The van der Waals surface area contributed by atoms with Crippen LogP contribution < -0.4 is 5.32 Å². The van der Waals surface area contributed by atoms with E-state index < -0.39 is 11.6 Å². The molecule has 0 aliphatic carbocycles. The molecule has 0 aliphatic rings. The average Bonchev–Trinajstić information content (AvgIpc) is 2.80. The first-order chi connectivity index (χ1) is 8.20. The monoisotopic (exact) mass is 236 g/mol. The van der Waals surface area contributed by atoms with E-state index in [1.54, 1.807) is 6.07 Å². The van der Waals surface area contributed by atoms with Crippen LogP contribution in [0.5, 0.6) is 0 Å². The zero-order valence-electron chi connectivity index (χ0n) is 8.44. The lowest BCUT2D eigenvalue weighted by Gasteiger charge is -2.06. The van der Waals surface area contributed by atoms with Crippen LogP contribution in [0.2, 0.25) is 0 Å². The van der Waals surface area contributed by atoms with Crippen LogP contribution in [0.3, 0.4) is 0 Å². The lowest BCUT2D eigenvalue weighted by atomic mass is 10.2. The second kappa shape index (κ2) is 4.57. The molecule has 0 aliphatic heterocycles. The molecule has 0 fully saturated rings. The summed E-state index contributed by atoms with van der Waals surface area (Å²) in [6.45, 7) is 0.0240. The Morgan fingerprint density at radius 2 is 2.06 bits per heavy atom. The highest BCUT2D eigenvalue weighted by atomic mass is 19.1. The quantitative estimate of drug-likeness (QED) is 0.879. The van der Waals surface area contributed by atoms with E-state index in [2.05, 4.69) is 20.0 Å². The Balaban J connectivity index is 2.19. The van der Waals surface area contributed by atoms with Gasteiger partial charge in [-0.25, -0.2) is 8.78 Å². The molecule has 1 aromatic heterocycles. The molecule has 5 nitrogen and oxygen atoms in total. The molecular weight excluding hydrogens is 230 g/mol. The van der Waals surface area contributed by atoms with Crippen LogP contribution in [0.25, 0.3) is 0 Å². The SMILES string of the molecule is N#Cc1cc(F)c(NCc2ncon2)c(F)c1. The zero-order chi connectivity index (χ0) is 12.3. The van der Waals surface area contributed by atoms with E-state index in [1.807, 2.05) is 0 Å². The number of nitrogens with one attached hydrogen (secondary N) is 1. The zero-order valence-corrected chi connectivity index (χ0v) is 8.44. The van der Waals surface area contributed by atoms with E-state index >= 15 is 0 Å². The first kappa shape index (κ1) is 11.0. The highest BCUT2D eigenvalue weighted by molar-refractivity contribution is 5.50. The Morgan fingerprint density at radius 3 is 2.59 bits per heavy atom. The van der Waals surface area contributed by atoms with E-state index in [4.69, 9.17) is 5.26 Å². The van der Waals surface area contributed by atoms with E-state index in [0.717, 1.165) is 18.5 Å². The fourth-order valence-corrected chi connectivity index (χ4v) is 1.24. The summed E-state index contributed by atoms with van der Waals surface area (Å²) in [6, 6.07) is 3.55. The van der Waals surface area contributed by atoms with Gasteiger partial charge in [-0.2, -0.15) is 10.2 Å². The lowest BCUT2D eigenvalue weighted by molar-refractivity contribution is 0.410. The summed E-state index contributed by atoms with van der Waals surface area (Å²) in [6.07, 6.45) is 1.11. The van der Waals surface area contributed by atoms with Gasteiger partial charge < -0.3 is 9.84 Å². The van der Waals surface area contributed by atoms with Crippen molar-refractivity contribution in [2.45, 2.75) is 6.54 Å². The minimum atomic E-state index is -0.843. The van der Waals surface area contributed by atoms with Crippen molar-refractivity contribution in [1.29, 1.82) is 5.26 Å². The van der Waals surface area contributed by atoms with Gasteiger partial charge in [-0.15, -0.1) is 0 Å². The second-order valence-corrected chi connectivity index (χ2v) is 3.13. The van der Waals surface area contributed by atoms with Gasteiger partial charge in [-0.05, 0) is 12.1 Å². The summed E-state index contributed by atoms with van der Waals surface area (Å²) in [5, 5.41) is 14.5. The molecule has 1 aromatic carbocycles. The minimum Gasteiger partial charge on any atom is -0.373 e. The van der Waals surface area contributed by atoms with Gasteiger partial charge in [-0.3, -0.25) is 0 Å². The maximum atomic E-state index is 13.4. The molecule has 2 aromatic rings. The van der Waals surface area contributed by atoms with E-state index in [1.165, 1.54) is 0 Å². The standard InChI is InChI=1S/C10H6F2N4O/c11-7-1-6(3-13)2-8(12)10(7)14-4-9-15-5-17-16-9/h1-2,5,14H,4H2. The Hall–Kier alpha value is -2.49. The number of hydrogen-bond donors (Lipinski definition) is 1. The van der Waals surface area contributed by atoms with Crippen molar-refractivity contribution in [2.24, 2.45) is 0 Å². The average molecular weight is 236 g/mol. The van der Waals surface area contributed by atoms with E-state index in [9.17, 15) is 8.78 Å². The Bertz CT molecular complexity index is 539. The van der Waals surface area contributed by atoms with Crippen LogP contribution in [-0.2, 0) is 6.54 Å². The highest BCUT2D eigenvalue weighted by Gasteiger charge is 2.11. The predicted octanol–water partition coefficient (Wildman–Crippen LogP) is 1.83. The van der Waals surface area contributed by atoms with Crippen molar-refractivity contribution in [1.82, 2.24) is 10.1 Å². The maximum Gasteiger partial charge on any atom is 0.213 e. The molecule has 0 unspecified atom stereocenters. The van der Waals surface area contributed by atoms with Gasteiger partial charge in [0, 0.05) is 0 Å². The Labute approximate surface area is 94.7 Å². The predicted molar refractivity (Wildman–Crippen MR) is 52.7 cm³/mol. The summed E-state index contributed by atoms with van der Waals surface area (Å²) in [7, 11) is 0. The van der Waals surface area contributed by atoms with Gasteiger partial charge in [0.15, 0.2) is 17.5 Å². The molecule has 0 spiro atoms. The van der Waals surface area contributed by atoms with Crippen LogP contribution >= 0.6 is 0 Å². The molecule has 86 valence electrons. The summed E-state index contributed by atoms with van der Waals surface area (Å²) in [5.74, 6) is -1.41. The van der Waals surface area contributed by atoms with Crippen LogP contribution in [0.4, 0.5) is 14.5 Å². The number of hydrogen-bond acceptors (Lipinski definition) is 5. The van der Waals surface area contributed by atoms with Gasteiger partial charge in [0.25, 0.3) is 0 Å². The van der Waals surface area contributed by atoms with Crippen molar-refractivity contribution < 1.29 is 13.3 Å². The smallest absolute Gasteiger partial charge is 0.213 e. The minimum absolute atomic E-state index is 0.0240. The fraction of sp³-hybridized carbons (Fsp3) is 0.100. The van der Waals surface area contributed by atoms with Crippen LogP contribution in [-0.4, -0.2) is 10.1 Å². The summed E-state index contributed by atoms with van der Waals surface area (Å²) in [5.41, 5.74) is -0.404. The third-order valence-corrected chi connectivity index (χ3v) is 2.00. The lowest BCUT2D eigenvalue weighted by Crippen LogP contribution is -2.05. The normalized spacial score (nSPS) is 9.94. The van der Waals surface area contributed by atoms with E-state index in [-0.39, 0.29) is 23.6 Å². The van der Waals surface area contributed by atoms with Crippen molar-refractivity contribution in [3.05, 3.63) is 41.5 Å². The molecule has 0 saturated carbocycles. The third-order valence-electron chi connectivity index (χ3n) is 2.00. The molecule has 17 heavy (non-hydrogen) atoms. The second-order valence-electron chi connectivity index (χ2n) is 3.13. The van der Waals surface area contributed by atoms with Crippen molar-refractivity contribution in [2.75, 3.05) is 5.32 Å². The number of nitriles is 1. The fourth-order valence-electron chi connectivity index (χ4n) is 1.24. The van der Waals surface area contributed by atoms with Gasteiger partial charge in [-0.1, -0.05) is 5.16 Å². The van der Waals surface area contributed by atoms with Crippen LogP contribution in [0, 0.1) is 23.0 Å². The van der Waals surface area contributed by atoms with Gasteiger partial charge >= 0.3 is 0 Å². The molecule has 0 amide bonds. The topological polar surface area (TPSA) is 74.7 Å². The number of halogens is 2. The van der Waals surface area contributed by atoms with Gasteiger partial charge in [0.2, 0.25) is 6.39 Å². The first-order valence-electron chi connectivity index (χ1n) is 4.59. The highest BCUT2D eigenvalue weighted by Crippen LogP contribution is 2.20. The summed E-state index contributed by atoms with van der Waals surface area (Å²) in [4.78, 5) is 3.69.